The highest BCUT2D eigenvalue weighted by atomic mass is 16.4. The molecule has 14 heteroatoms. The molecule has 1 rings (SSSR count). The van der Waals surface area contributed by atoms with Gasteiger partial charge in [0.2, 0.25) is 0 Å². The van der Waals surface area contributed by atoms with E-state index in [1.165, 1.54) is 0 Å². The molecule has 14 nitrogen and oxygen atoms in total. The second-order valence-electron chi connectivity index (χ2n) is 11.3. The van der Waals surface area contributed by atoms with Crippen LogP contribution in [0.5, 0.6) is 0 Å². The molecule has 0 aromatic carbocycles. The maximum Gasteiger partial charge on any atom is 0.306 e. The molecule has 5 N–H and O–H groups in total. The topological polar surface area (TPSA) is 217 Å². The average molecular weight is 600 g/mol. The van der Waals surface area contributed by atoms with Crippen molar-refractivity contribution in [3.8, 4) is 0 Å². The first kappa shape index (κ1) is 40.9. The number of carboxylic acid groups (broad SMARTS) is 3. The minimum atomic E-state index is -0.765. The number of carboxylic acids is 3. The quantitative estimate of drug-likeness (QED) is 0.0531. The summed E-state index contributed by atoms with van der Waals surface area (Å²) >= 11 is 0. The van der Waals surface area contributed by atoms with Crippen molar-refractivity contribution in [3.63, 3.8) is 0 Å². The van der Waals surface area contributed by atoms with E-state index in [0.717, 1.165) is 81.2 Å². The number of hydrogen-bond donors (Lipinski definition) is 4. The average Bonchev–Trinajstić information content (AvgIpc) is 3.37. The van der Waals surface area contributed by atoms with Gasteiger partial charge in [0, 0.05) is 18.0 Å². The largest absolute Gasteiger partial charge is 0.481 e. The van der Waals surface area contributed by atoms with E-state index in [1.807, 2.05) is 10.9 Å². The fourth-order valence-electron chi connectivity index (χ4n) is 3.44. The Morgan fingerprint density at radius 1 is 0.929 bits per heavy atom. The van der Waals surface area contributed by atoms with Crippen molar-refractivity contribution in [3.05, 3.63) is 22.3 Å². The van der Waals surface area contributed by atoms with Crippen LogP contribution < -0.4 is 5.73 Å². The fraction of sp³-hybridized carbons (Fsp3) is 0.821. The van der Waals surface area contributed by atoms with Crippen LogP contribution in [-0.2, 0) is 27.5 Å². The number of rotatable bonds is 20. The summed E-state index contributed by atoms with van der Waals surface area (Å²) in [5, 5.41) is 37.4. The van der Waals surface area contributed by atoms with Crippen LogP contribution in [0.1, 0.15) is 91.2 Å². The van der Waals surface area contributed by atoms with Crippen LogP contribution in [0, 0.1) is 17.8 Å². The van der Waals surface area contributed by atoms with Crippen LogP contribution in [0.25, 0.3) is 10.4 Å². The van der Waals surface area contributed by atoms with Gasteiger partial charge < -0.3 is 25.5 Å². The minimum Gasteiger partial charge on any atom is -0.481 e. The SMILES string of the molecule is CC[N+](C)(C)Cc1cn(CCCC[C@H](C)C(=O)O)nn1.C[C@@H](CCCCN)C(=O)O.C[C@@H](CCCCN=[N+]=[N-])C(=O)O. The number of carbonyl (C=O) groups is 3. The van der Waals surface area contributed by atoms with Gasteiger partial charge in [0.25, 0.3) is 0 Å². The Morgan fingerprint density at radius 2 is 1.40 bits per heavy atom. The number of aryl methyl sites for hydroxylation is 1. The zero-order valence-corrected chi connectivity index (χ0v) is 26.5. The highest BCUT2D eigenvalue weighted by Crippen LogP contribution is 2.10. The Bertz CT molecular complexity index is 933. The van der Waals surface area contributed by atoms with Gasteiger partial charge in [0.1, 0.15) is 12.2 Å². The molecule has 0 spiro atoms. The molecule has 0 aliphatic heterocycles. The number of nitrogens with two attached hydrogens (primary N) is 1. The van der Waals surface area contributed by atoms with Gasteiger partial charge in [-0.2, -0.15) is 0 Å². The summed E-state index contributed by atoms with van der Waals surface area (Å²) in [6, 6.07) is 0. The van der Waals surface area contributed by atoms with E-state index in [4.69, 9.17) is 26.6 Å². The van der Waals surface area contributed by atoms with Gasteiger partial charge in [-0.05, 0) is 57.5 Å². The molecule has 0 saturated heterocycles. The maximum absolute atomic E-state index is 10.7. The van der Waals surface area contributed by atoms with E-state index in [2.05, 4.69) is 41.4 Å². The predicted molar refractivity (Wildman–Crippen MR) is 161 cm³/mol. The fourth-order valence-corrected chi connectivity index (χ4v) is 3.44. The van der Waals surface area contributed by atoms with Gasteiger partial charge in [0.15, 0.2) is 0 Å². The number of aromatic nitrogens is 3. The Balaban J connectivity index is 0. The van der Waals surface area contributed by atoms with Gasteiger partial charge >= 0.3 is 17.9 Å². The number of unbranched alkanes of at least 4 members (excludes halogenated alkanes) is 3. The van der Waals surface area contributed by atoms with Gasteiger partial charge in [-0.1, -0.05) is 50.4 Å². The zero-order chi connectivity index (χ0) is 32.6. The van der Waals surface area contributed by atoms with Crippen LogP contribution in [0.3, 0.4) is 0 Å². The molecule has 242 valence electrons. The first-order valence-corrected chi connectivity index (χ1v) is 14.8. The lowest BCUT2D eigenvalue weighted by Gasteiger charge is -2.26. The molecular formula is C28H55N8O6+. The molecule has 0 fully saturated rings. The molecule has 0 aliphatic rings. The third-order valence-corrected chi connectivity index (χ3v) is 6.87. The Kier molecular flexibility index (Phi) is 23.8. The van der Waals surface area contributed by atoms with E-state index in [1.54, 1.807) is 20.8 Å². The molecule has 0 amide bonds. The minimum absolute atomic E-state index is 0.216. The summed E-state index contributed by atoms with van der Waals surface area (Å²) in [5.41, 5.74) is 14.2. The Labute approximate surface area is 250 Å². The van der Waals surface area contributed by atoms with Crippen LogP contribution in [0.15, 0.2) is 11.3 Å². The predicted octanol–water partition coefficient (Wildman–Crippen LogP) is 4.79. The summed E-state index contributed by atoms with van der Waals surface area (Å²) in [6.45, 7) is 11.2. The van der Waals surface area contributed by atoms with E-state index in [0.29, 0.717) is 19.5 Å². The summed E-state index contributed by atoms with van der Waals surface area (Å²) in [5.74, 6) is -2.96. The summed E-state index contributed by atoms with van der Waals surface area (Å²) < 4.78 is 2.76. The molecule has 0 bridgehead atoms. The Morgan fingerprint density at radius 3 is 1.83 bits per heavy atom. The lowest BCUT2D eigenvalue weighted by Crippen LogP contribution is -2.38. The zero-order valence-electron chi connectivity index (χ0n) is 26.5. The number of hydrogen-bond acceptors (Lipinski definition) is 7. The normalized spacial score (nSPS) is 12.8. The molecule has 0 radical (unpaired) electrons. The van der Waals surface area contributed by atoms with Crippen molar-refractivity contribution < 1.29 is 34.2 Å². The van der Waals surface area contributed by atoms with Crippen molar-refractivity contribution >= 4 is 17.9 Å². The smallest absolute Gasteiger partial charge is 0.306 e. The summed E-state index contributed by atoms with van der Waals surface area (Å²) in [4.78, 5) is 33.9. The third-order valence-electron chi connectivity index (χ3n) is 6.87. The van der Waals surface area contributed by atoms with Gasteiger partial charge in [-0.3, -0.25) is 19.1 Å². The number of quaternary nitrogens is 1. The molecule has 0 saturated carbocycles. The van der Waals surface area contributed by atoms with Crippen molar-refractivity contribution in [2.24, 2.45) is 28.6 Å². The second-order valence-corrected chi connectivity index (χ2v) is 11.3. The lowest BCUT2D eigenvalue weighted by molar-refractivity contribution is -0.902. The highest BCUT2D eigenvalue weighted by Gasteiger charge is 2.16. The Hall–Kier alpha value is -3.22. The van der Waals surface area contributed by atoms with Crippen molar-refractivity contribution in [2.45, 2.75) is 98.6 Å². The van der Waals surface area contributed by atoms with Crippen molar-refractivity contribution in [1.29, 1.82) is 0 Å². The van der Waals surface area contributed by atoms with Crippen LogP contribution in [0.4, 0.5) is 0 Å². The molecule has 0 unspecified atom stereocenters. The van der Waals surface area contributed by atoms with Gasteiger partial charge in [-0.25, -0.2) is 0 Å². The summed E-state index contributed by atoms with van der Waals surface area (Å²) in [6.07, 6.45) is 9.36. The molecular weight excluding hydrogens is 544 g/mol. The number of azide groups is 1. The van der Waals surface area contributed by atoms with Crippen LogP contribution >= 0.6 is 0 Å². The van der Waals surface area contributed by atoms with E-state index < -0.39 is 17.9 Å². The molecule has 1 aromatic rings. The van der Waals surface area contributed by atoms with Crippen LogP contribution in [0.2, 0.25) is 0 Å². The molecule has 1 heterocycles. The molecule has 0 aliphatic carbocycles. The first-order chi connectivity index (χ1) is 19.7. The first-order valence-electron chi connectivity index (χ1n) is 14.8. The number of aliphatic carboxylic acids is 3. The molecule has 1 aromatic heterocycles. The second kappa shape index (κ2) is 24.4. The van der Waals surface area contributed by atoms with Gasteiger partial charge in [-0.15, -0.1) is 5.10 Å². The van der Waals surface area contributed by atoms with Crippen LogP contribution in [-0.4, -0.2) is 86.4 Å². The van der Waals surface area contributed by atoms with E-state index in [-0.39, 0.29) is 17.8 Å². The van der Waals surface area contributed by atoms with E-state index in [9.17, 15) is 14.4 Å². The third kappa shape index (κ3) is 23.5. The van der Waals surface area contributed by atoms with Crippen molar-refractivity contribution in [2.75, 3.05) is 33.7 Å². The lowest BCUT2D eigenvalue weighted by atomic mass is 10.0. The summed E-state index contributed by atoms with van der Waals surface area (Å²) in [7, 11) is 4.35. The van der Waals surface area contributed by atoms with Gasteiger partial charge in [0.05, 0.1) is 44.6 Å². The van der Waals surface area contributed by atoms with E-state index >= 15 is 0 Å². The maximum atomic E-state index is 10.7. The highest BCUT2D eigenvalue weighted by molar-refractivity contribution is 5.70. The van der Waals surface area contributed by atoms with Crippen molar-refractivity contribution in [1.82, 2.24) is 15.0 Å². The molecule has 3 atom stereocenters. The molecule has 42 heavy (non-hydrogen) atoms. The standard InChI is InChI=1S/C14H26N4O2.C7H13N3O2.C7H15NO2/c1-5-18(3,4)11-13-10-17(16-15-13)9-7-6-8-12(2)14(19)20;1-6(7(11)12)4-2-3-5-9-10-8;1-6(7(9)10)4-2-3-5-8/h10,12H,5-9,11H2,1-4H3;6H,2-5H2,1H3,(H,11,12);6H,2-5,8H2,1H3,(H,9,10)/p+1/t12-;2*6-/m000/s1. The monoisotopic (exact) mass is 599 g/mol. The number of nitrogens with zero attached hydrogens (tertiary/aromatic N) is 7.